The van der Waals surface area contributed by atoms with Crippen molar-refractivity contribution in [3.63, 3.8) is 0 Å². The molecule has 2 aliphatic heterocycles. The van der Waals surface area contributed by atoms with Gasteiger partial charge in [0, 0.05) is 33.2 Å². The van der Waals surface area contributed by atoms with Gasteiger partial charge in [-0.25, -0.2) is 4.79 Å². The Morgan fingerprint density at radius 1 is 0.896 bits per heavy atom. The Labute approximate surface area is 282 Å². The number of hydrogen-bond acceptors (Lipinski definition) is 12. The highest BCUT2D eigenvalue weighted by Crippen LogP contribution is 2.59. The lowest BCUT2D eigenvalue weighted by Crippen LogP contribution is -2.56. The second-order valence-corrected chi connectivity index (χ2v) is 12.5. The van der Waals surface area contributed by atoms with Crippen molar-refractivity contribution in [3.05, 3.63) is 11.6 Å². The largest absolute Gasteiger partial charge is 0.443 e. The van der Waals surface area contributed by atoms with Crippen molar-refractivity contribution in [3.8, 4) is 0 Å². The zero-order valence-electron chi connectivity index (χ0n) is 28.6. The molecule has 3 fully saturated rings. The van der Waals surface area contributed by atoms with Gasteiger partial charge in [0.1, 0.15) is 29.7 Å². The summed E-state index contributed by atoms with van der Waals surface area (Å²) in [4.78, 5) is 57.7. The first-order valence-corrected chi connectivity index (χ1v) is 16.6. The Kier molecular flexibility index (Phi) is 16.2. The molecular weight excluding hydrogens is 630 g/mol. The van der Waals surface area contributed by atoms with Crippen LogP contribution in [0.5, 0.6) is 0 Å². The zero-order valence-corrected chi connectivity index (χ0v) is 28.6. The summed E-state index contributed by atoms with van der Waals surface area (Å²) in [5.74, 6) is -1.11. The Balaban J connectivity index is 1.18. The van der Waals surface area contributed by atoms with Crippen LogP contribution >= 0.6 is 0 Å². The average molecular weight is 684 g/mol. The molecule has 4 amide bonds. The van der Waals surface area contributed by atoms with E-state index >= 15 is 0 Å². The SMILES string of the molecule is COC1C(OC(=O)NCCOCCOCCNC(=O)CCNCC(=O)NCC(=O)NCC=O)CC[C@]2(CO2)C1C1(C)O[C@@H]1CC=C(C)C. The molecule has 4 unspecified atom stereocenters. The topological polar surface area (TPSA) is 207 Å². The first-order chi connectivity index (χ1) is 23.0. The number of carbonyl (C=O) groups is 5. The number of hydrogen-bond donors (Lipinski definition) is 5. The summed E-state index contributed by atoms with van der Waals surface area (Å²) >= 11 is 0. The highest BCUT2D eigenvalue weighted by atomic mass is 16.6. The second-order valence-electron chi connectivity index (χ2n) is 12.5. The number of rotatable bonds is 23. The Morgan fingerprint density at radius 2 is 1.58 bits per heavy atom. The summed E-state index contributed by atoms with van der Waals surface area (Å²) in [6.45, 7) is 8.63. The van der Waals surface area contributed by atoms with E-state index in [1.54, 1.807) is 7.11 Å². The van der Waals surface area contributed by atoms with Crippen molar-refractivity contribution in [1.82, 2.24) is 26.6 Å². The summed E-state index contributed by atoms with van der Waals surface area (Å²) in [6, 6.07) is 0. The molecule has 6 atom stereocenters. The van der Waals surface area contributed by atoms with Crippen LogP contribution in [0.25, 0.3) is 0 Å². The summed E-state index contributed by atoms with van der Waals surface area (Å²) < 4.78 is 34.9. The van der Waals surface area contributed by atoms with E-state index in [0.717, 1.165) is 12.8 Å². The molecule has 2 heterocycles. The quantitative estimate of drug-likeness (QED) is 0.0394. The molecule has 3 rings (SSSR count). The van der Waals surface area contributed by atoms with Crippen molar-refractivity contribution in [2.24, 2.45) is 5.92 Å². The van der Waals surface area contributed by atoms with Gasteiger partial charge >= 0.3 is 6.09 Å². The molecular formula is C32H53N5O11. The molecule has 2 saturated heterocycles. The molecule has 5 N–H and O–H groups in total. The molecule has 0 aromatic rings. The number of nitrogens with one attached hydrogen (secondary N) is 5. The number of allylic oxidation sites excluding steroid dienone is 1. The maximum absolute atomic E-state index is 12.6. The molecule has 16 heteroatoms. The number of carbonyl (C=O) groups excluding carboxylic acids is 5. The van der Waals surface area contributed by atoms with Gasteiger partial charge in [-0.15, -0.1) is 0 Å². The molecule has 1 aliphatic carbocycles. The van der Waals surface area contributed by atoms with Crippen LogP contribution in [0, 0.1) is 5.92 Å². The standard InChI is InChI=1S/C32H53N5O11/c1-22(2)5-6-24-31(3,48-24)29-28(43-4)23(7-9-32(29)21-46-32)47-30(42)36-13-16-45-18-17-44-15-12-35-25(39)8-10-33-19-26(40)37-20-27(41)34-11-14-38/h5,14,23-24,28-29,33H,6-13,15-21H2,1-4H3,(H,34,41)(H,35,39)(H,36,42)(H,37,40)/t23?,24-,28?,29?,31?,32+/m1/s1. The van der Waals surface area contributed by atoms with Gasteiger partial charge in [-0.2, -0.15) is 0 Å². The van der Waals surface area contributed by atoms with Crippen LogP contribution in [0.2, 0.25) is 0 Å². The van der Waals surface area contributed by atoms with E-state index in [4.69, 9.17) is 28.4 Å². The molecule has 0 bridgehead atoms. The van der Waals surface area contributed by atoms with E-state index in [9.17, 15) is 24.0 Å². The number of epoxide rings is 2. The van der Waals surface area contributed by atoms with E-state index in [1.165, 1.54) is 5.57 Å². The minimum absolute atomic E-state index is 0.0411. The van der Waals surface area contributed by atoms with Crippen LogP contribution in [0.4, 0.5) is 4.79 Å². The van der Waals surface area contributed by atoms with Crippen LogP contribution in [-0.2, 0) is 47.6 Å². The Hall–Kier alpha value is -3.15. The van der Waals surface area contributed by atoms with Crippen molar-refractivity contribution in [2.45, 2.75) is 76.0 Å². The van der Waals surface area contributed by atoms with Gasteiger partial charge in [0.25, 0.3) is 0 Å². The maximum atomic E-state index is 12.6. The van der Waals surface area contributed by atoms with Crippen molar-refractivity contribution in [1.29, 1.82) is 0 Å². The van der Waals surface area contributed by atoms with Crippen LogP contribution in [0.15, 0.2) is 11.6 Å². The zero-order chi connectivity index (χ0) is 35.0. The number of alkyl carbamates (subject to hydrolysis) is 1. The van der Waals surface area contributed by atoms with Gasteiger partial charge in [0.2, 0.25) is 17.7 Å². The average Bonchev–Trinajstić information content (AvgIpc) is 3.98. The van der Waals surface area contributed by atoms with E-state index in [-0.39, 0.29) is 75.4 Å². The Morgan fingerprint density at radius 3 is 2.23 bits per heavy atom. The predicted molar refractivity (Wildman–Crippen MR) is 172 cm³/mol. The number of aldehydes is 1. The van der Waals surface area contributed by atoms with E-state index < -0.39 is 29.6 Å². The van der Waals surface area contributed by atoms with Crippen LogP contribution < -0.4 is 26.6 Å². The molecule has 16 nitrogen and oxygen atoms in total. The molecule has 0 radical (unpaired) electrons. The Bertz CT molecular complexity index is 1110. The number of ether oxygens (including phenoxy) is 6. The fraction of sp³-hybridized carbons (Fsp3) is 0.781. The summed E-state index contributed by atoms with van der Waals surface area (Å²) in [5, 5.41) is 13.0. The monoisotopic (exact) mass is 683 g/mol. The second kappa shape index (κ2) is 19.7. The smallest absolute Gasteiger partial charge is 0.407 e. The van der Waals surface area contributed by atoms with Gasteiger partial charge in [0.15, 0.2) is 0 Å². The highest BCUT2D eigenvalue weighted by molar-refractivity contribution is 5.86. The van der Waals surface area contributed by atoms with Crippen LogP contribution in [0.1, 0.15) is 46.5 Å². The lowest BCUT2D eigenvalue weighted by Gasteiger charge is -2.42. The maximum Gasteiger partial charge on any atom is 0.407 e. The number of methoxy groups -OCH3 is 1. The van der Waals surface area contributed by atoms with Gasteiger partial charge in [0.05, 0.1) is 64.7 Å². The fourth-order valence-corrected chi connectivity index (χ4v) is 6.01. The first-order valence-electron chi connectivity index (χ1n) is 16.6. The molecule has 1 spiro atoms. The van der Waals surface area contributed by atoms with Gasteiger partial charge < -0.3 is 59.8 Å². The molecule has 0 aromatic heterocycles. The number of amides is 4. The minimum atomic E-state index is -0.526. The predicted octanol–water partition coefficient (Wildman–Crippen LogP) is -0.651. The summed E-state index contributed by atoms with van der Waals surface area (Å²) in [7, 11) is 1.64. The third kappa shape index (κ3) is 12.7. The van der Waals surface area contributed by atoms with Crippen LogP contribution in [-0.4, -0.2) is 139 Å². The molecule has 3 aliphatic rings. The van der Waals surface area contributed by atoms with Crippen molar-refractivity contribution in [2.75, 3.05) is 79.4 Å². The third-order valence-corrected chi connectivity index (χ3v) is 8.59. The van der Waals surface area contributed by atoms with Gasteiger partial charge in [-0.05, 0) is 40.0 Å². The normalized spacial score (nSPS) is 27.0. The summed E-state index contributed by atoms with van der Waals surface area (Å²) in [6.07, 6.45) is 3.95. The van der Waals surface area contributed by atoms with Gasteiger partial charge in [-0.1, -0.05) is 11.6 Å². The molecule has 0 aromatic carbocycles. The first kappa shape index (κ1) is 39.3. The van der Waals surface area contributed by atoms with E-state index in [2.05, 4.69) is 53.4 Å². The third-order valence-electron chi connectivity index (χ3n) is 8.59. The lowest BCUT2D eigenvalue weighted by molar-refractivity contribution is -0.126. The highest BCUT2D eigenvalue weighted by Gasteiger charge is 2.72. The molecule has 1 saturated carbocycles. The minimum Gasteiger partial charge on any atom is -0.443 e. The fourth-order valence-electron chi connectivity index (χ4n) is 6.01. The molecule has 272 valence electrons. The van der Waals surface area contributed by atoms with Crippen molar-refractivity contribution >= 4 is 30.1 Å². The summed E-state index contributed by atoms with van der Waals surface area (Å²) in [5.41, 5.74) is 0.566. The van der Waals surface area contributed by atoms with Crippen LogP contribution in [0.3, 0.4) is 0 Å². The van der Waals surface area contributed by atoms with E-state index in [0.29, 0.717) is 45.7 Å². The van der Waals surface area contributed by atoms with Gasteiger partial charge in [-0.3, -0.25) is 14.4 Å². The lowest BCUT2D eigenvalue weighted by atomic mass is 9.68. The van der Waals surface area contributed by atoms with E-state index in [1.807, 2.05) is 0 Å². The van der Waals surface area contributed by atoms with Crippen molar-refractivity contribution < 1.29 is 52.4 Å². The molecule has 48 heavy (non-hydrogen) atoms.